The maximum absolute atomic E-state index is 12.5. The van der Waals surface area contributed by atoms with Crippen LogP contribution in [0.2, 0.25) is 5.02 Å². The van der Waals surface area contributed by atoms with E-state index in [1.807, 2.05) is 59.7 Å². The molecule has 3 N–H and O–H groups in total. The van der Waals surface area contributed by atoms with Gasteiger partial charge in [-0.15, -0.1) is 0 Å². The van der Waals surface area contributed by atoms with E-state index in [1.165, 1.54) is 11.3 Å². The average Bonchev–Trinajstić information content (AvgIpc) is 3.16. The number of carbonyl (C=O) groups excluding carboxylic acids is 1. The summed E-state index contributed by atoms with van der Waals surface area (Å²) in [6.07, 6.45) is 0.273. The zero-order chi connectivity index (χ0) is 24.3. The lowest BCUT2D eigenvalue weighted by atomic mass is 10.0. The highest BCUT2D eigenvalue weighted by atomic mass is 35.5. The van der Waals surface area contributed by atoms with E-state index in [2.05, 4.69) is 15.2 Å². The molecule has 0 saturated carbocycles. The van der Waals surface area contributed by atoms with Gasteiger partial charge in [-0.05, 0) is 76.2 Å². The Morgan fingerprint density at radius 3 is 2.67 bits per heavy atom. The molecule has 0 unspecified atom stereocenters. The van der Waals surface area contributed by atoms with Crippen LogP contribution in [0.25, 0.3) is 10.6 Å². The van der Waals surface area contributed by atoms with Gasteiger partial charge in [-0.3, -0.25) is 0 Å². The fourth-order valence-corrected chi connectivity index (χ4v) is 4.25. The van der Waals surface area contributed by atoms with Gasteiger partial charge >= 0.3 is 11.2 Å². The second kappa shape index (κ2) is 10.1. The molecule has 0 saturated heterocycles. The molecule has 1 amide bonds. The van der Waals surface area contributed by atoms with Gasteiger partial charge in [0.25, 0.3) is 0 Å². The van der Waals surface area contributed by atoms with Crippen LogP contribution in [0, 0.1) is 0 Å². The van der Waals surface area contributed by atoms with Crippen LogP contribution in [0.5, 0.6) is 5.75 Å². The van der Waals surface area contributed by atoms with Gasteiger partial charge in [-0.2, -0.15) is 0 Å². The van der Waals surface area contributed by atoms with E-state index in [0.717, 1.165) is 27.6 Å². The first-order chi connectivity index (χ1) is 15.4. The molecule has 1 aliphatic heterocycles. The molecule has 0 fully saturated rings. The Labute approximate surface area is 203 Å². The van der Waals surface area contributed by atoms with Crippen LogP contribution in [-0.4, -0.2) is 51.7 Å². The number of hydrogen-bond donors (Lipinski definition) is 2. The summed E-state index contributed by atoms with van der Waals surface area (Å²) >= 11 is 7.76. The minimum Gasteiger partial charge on any atom is -0.489 e. The van der Waals surface area contributed by atoms with Gasteiger partial charge < -0.3 is 20.1 Å². The first-order valence-corrected chi connectivity index (χ1v) is 12.0. The van der Waals surface area contributed by atoms with E-state index in [4.69, 9.17) is 26.8 Å². The summed E-state index contributed by atoms with van der Waals surface area (Å²) in [5, 5.41) is 10.4. The van der Waals surface area contributed by atoms with Crippen LogP contribution >= 0.6 is 22.9 Å². The van der Waals surface area contributed by atoms with E-state index in [0.29, 0.717) is 35.4 Å². The number of amides is 1. The highest BCUT2D eigenvalue weighted by Gasteiger charge is 2.28. The van der Waals surface area contributed by atoms with Crippen molar-refractivity contribution >= 4 is 39.9 Å². The first kappa shape index (κ1) is 25.0. The lowest BCUT2D eigenvalue weighted by Crippen LogP contribution is -2.67. The second-order valence-electron chi connectivity index (χ2n) is 9.13. The van der Waals surface area contributed by atoms with Crippen LogP contribution in [-0.2, 0) is 4.74 Å². The van der Waals surface area contributed by atoms with Crippen molar-refractivity contribution in [1.82, 2.24) is 15.1 Å². The van der Waals surface area contributed by atoms with Crippen molar-refractivity contribution < 1.29 is 19.3 Å². The molecular formula is C23H31ClN5O3S+. The van der Waals surface area contributed by atoms with Crippen molar-refractivity contribution in [3.05, 3.63) is 34.5 Å². The molecule has 10 heteroatoms. The normalized spacial score (nSPS) is 15.3. The third kappa shape index (κ3) is 6.68. The molecule has 1 aromatic carbocycles. The zero-order valence-corrected chi connectivity index (χ0v) is 21.4. The molecule has 178 valence electrons. The number of halogens is 1. The van der Waals surface area contributed by atoms with Gasteiger partial charge in [-0.25, -0.2) is 9.79 Å². The molecular weight excluding hydrogens is 462 g/mol. The summed E-state index contributed by atoms with van der Waals surface area (Å²) in [6, 6.07) is 5.56. The van der Waals surface area contributed by atoms with Gasteiger partial charge in [0.1, 0.15) is 17.1 Å². The third-order valence-electron chi connectivity index (χ3n) is 4.75. The number of nitrogens with two attached hydrogens (primary N) is 1. The number of rotatable bonds is 5. The lowest BCUT2D eigenvalue weighted by molar-refractivity contribution is -0.354. The molecule has 33 heavy (non-hydrogen) atoms. The molecule has 2 aromatic rings. The summed E-state index contributed by atoms with van der Waals surface area (Å²) < 4.78 is 11.2. The van der Waals surface area contributed by atoms with Crippen molar-refractivity contribution in [3.63, 3.8) is 0 Å². The zero-order valence-electron chi connectivity index (χ0n) is 19.9. The SMILES string of the molecule is CC(=[NH+]c1nnc(-c2ccc(OC(C)C)c(Cl)c2)s1)C1=C(N)CCN(C(=O)OC(C)(C)C)C1. The molecule has 2 heterocycles. The second-order valence-corrected chi connectivity index (χ2v) is 10.5. The highest BCUT2D eigenvalue weighted by Crippen LogP contribution is 2.32. The number of ether oxygens (including phenoxy) is 2. The quantitative estimate of drug-likeness (QED) is 0.617. The molecule has 8 nitrogen and oxygen atoms in total. The predicted molar refractivity (Wildman–Crippen MR) is 131 cm³/mol. The van der Waals surface area contributed by atoms with E-state index >= 15 is 0 Å². The number of benzene rings is 1. The van der Waals surface area contributed by atoms with Crippen LogP contribution in [0.15, 0.2) is 29.5 Å². The number of nitrogens with zero attached hydrogens (tertiary/aromatic N) is 3. The van der Waals surface area contributed by atoms with Gasteiger partial charge in [0.2, 0.25) is 0 Å². The summed E-state index contributed by atoms with van der Waals surface area (Å²) in [4.78, 5) is 17.4. The van der Waals surface area contributed by atoms with Crippen molar-refractivity contribution in [2.24, 2.45) is 5.73 Å². The lowest BCUT2D eigenvalue weighted by Gasteiger charge is -2.31. The molecule has 0 aliphatic carbocycles. The van der Waals surface area contributed by atoms with Crippen LogP contribution in [0.3, 0.4) is 0 Å². The van der Waals surface area contributed by atoms with Gasteiger partial charge in [0.05, 0.1) is 22.8 Å². The number of carbonyl (C=O) groups is 1. The van der Waals surface area contributed by atoms with Gasteiger partial charge in [0, 0.05) is 29.8 Å². The van der Waals surface area contributed by atoms with Gasteiger partial charge in [-0.1, -0.05) is 11.6 Å². The Balaban J connectivity index is 1.76. The van der Waals surface area contributed by atoms with Crippen molar-refractivity contribution in [2.75, 3.05) is 13.1 Å². The molecule has 0 bridgehead atoms. The van der Waals surface area contributed by atoms with E-state index in [9.17, 15) is 4.79 Å². The predicted octanol–water partition coefficient (Wildman–Crippen LogP) is 3.67. The fourth-order valence-electron chi connectivity index (χ4n) is 3.23. The molecule has 1 aliphatic rings. The van der Waals surface area contributed by atoms with Crippen LogP contribution < -0.4 is 15.5 Å². The Bertz CT molecular complexity index is 1090. The minimum atomic E-state index is -0.550. The van der Waals surface area contributed by atoms with E-state index < -0.39 is 5.60 Å². The molecule has 0 atom stereocenters. The number of hydrogen-bond acceptors (Lipinski definition) is 7. The molecule has 1 aromatic heterocycles. The van der Waals surface area contributed by atoms with Crippen molar-refractivity contribution in [1.29, 1.82) is 0 Å². The van der Waals surface area contributed by atoms with Gasteiger partial charge in [0.15, 0.2) is 5.01 Å². The fraction of sp³-hybridized carbons (Fsp3) is 0.478. The Kier molecular flexibility index (Phi) is 7.64. The number of aromatic nitrogens is 2. The maximum Gasteiger partial charge on any atom is 0.410 e. The molecule has 0 spiro atoms. The summed E-state index contributed by atoms with van der Waals surface area (Å²) in [6.45, 7) is 12.3. The van der Waals surface area contributed by atoms with Crippen molar-refractivity contribution in [2.45, 2.75) is 59.7 Å². The Morgan fingerprint density at radius 1 is 1.30 bits per heavy atom. The van der Waals surface area contributed by atoms with E-state index in [-0.39, 0.29) is 12.2 Å². The summed E-state index contributed by atoms with van der Waals surface area (Å²) in [5.74, 6) is 0.636. The number of nitrogens with one attached hydrogen (secondary N) is 1. The monoisotopic (exact) mass is 492 g/mol. The topological polar surface area (TPSA) is 105 Å². The molecule has 0 radical (unpaired) electrons. The van der Waals surface area contributed by atoms with Crippen LogP contribution in [0.4, 0.5) is 9.93 Å². The smallest absolute Gasteiger partial charge is 0.410 e. The summed E-state index contributed by atoms with van der Waals surface area (Å²) in [7, 11) is 0. The first-order valence-electron chi connectivity index (χ1n) is 10.8. The average molecular weight is 493 g/mol. The maximum atomic E-state index is 12.5. The highest BCUT2D eigenvalue weighted by molar-refractivity contribution is 7.17. The van der Waals surface area contributed by atoms with E-state index in [1.54, 1.807) is 4.90 Å². The van der Waals surface area contributed by atoms with Crippen molar-refractivity contribution in [3.8, 4) is 16.3 Å². The summed E-state index contributed by atoms with van der Waals surface area (Å²) in [5.41, 5.74) is 9.00. The third-order valence-corrected chi connectivity index (χ3v) is 5.94. The Hall–Kier alpha value is -2.65. The standard InChI is InChI=1S/C23H30ClN5O3S/c1-13(2)31-19-8-7-15(11-17(19)24)20-27-28-21(33-20)26-14(3)16-12-29(10-9-18(16)25)22(30)32-23(4,5)6/h7-8,11,13H,9-10,12,25H2,1-6H3/p+1. The molecule has 3 rings (SSSR count). The minimum absolute atomic E-state index is 0.0389. The van der Waals surface area contributed by atoms with Crippen LogP contribution in [0.1, 0.15) is 48.0 Å². The Morgan fingerprint density at radius 2 is 2.03 bits per heavy atom. The largest absolute Gasteiger partial charge is 0.489 e.